The Morgan fingerprint density at radius 2 is 1.80 bits per heavy atom. The predicted molar refractivity (Wildman–Crippen MR) is 79.6 cm³/mol. The third-order valence-electron chi connectivity index (χ3n) is 3.40. The summed E-state index contributed by atoms with van der Waals surface area (Å²) in [6.45, 7) is 4.65. The van der Waals surface area contributed by atoms with E-state index in [2.05, 4.69) is 13.8 Å². The average Bonchev–Trinajstić information content (AvgIpc) is 2.71. The topological polar surface area (TPSA) is 47.2 Å². The molecule has 20 heavy (non-hydrogen) atoms. The minimum Gasteiger partial charge on any atom is -0.387 e. The molecule has 1 aromatic carbocycles. The first-order chi connectivity index (χ1) is 9.47. The molecule has 0 saturated carbocycles. The molecule has 2 rings (SSSR count). The summed E-state index contributed by atoms with van der Waals surface area (Å²) in [5.74, 6) is 0.619. The smallest absolute Gasteiger partial charge is 0.327 e. The average molecular weight is 274 g/mol. The lowest BCUT2D eigenvalue weighted by atomic mass is 10.0. The summed E-state index contributed by atoms with van der Waals surface area (Å²) < 4.78 is 3.02. The minimum absolute atomic E-state index is 0.111. The van der Waals surface area contributed by atoms with Gasteiger partial charge in [-0.25, -0.2) is 4.79 Å². The molecular formula is C16H22N2O2. The largest absolute Gasteiger partial charge is 0.387 e. The molecule has 1 unspecified atom stereocenters. The summed E-state index contributed by atoms with van der Waals surface area (Å²) in [6.07, 6.45) is 3.76. The van der Waals surface area contributed by atoms with Gasteiger partial charge in [0.2, 0.25) is 0 Å². The molecule has 0 saturated heterocycles. The van der Waals surface area contributed by atoms with E-state index >= 15 is 0 Å². The number of hydrogen-bond acceptors (Lipinski definition) is 2. The Morgan fingerprint density at radius 3 is 2.30 bits per heavy atom. The highest BCUT2D eigenvalue weighted by atomic mass is 16.3. The van der Waals surface area contributed by atoms with Crippen molar-refractivity contribution in [3.05, 3.63) is 58.3 Å². The van der Waals surface area contributed by atoms with E-state index < -0.39 is 6.10 Å². The van der Waals surface area contributed by atoms with Crippen LogP contribution in [0.3, 0.4) is 0 Å². The van der Waals surface area contributed by atoms with Crippen LogP contribution in [0.2, 0.25) is 0 Å². The Bertz CT molecular complexity index is 608. The van der Waals surface area contributed by atoms with Crippen LogP contribution in [-0.2, 0) is 20.0 Å². The Kier molecular flexibility index (Phi) is 4.45. The molecule has 4 nitrogen and oxygen atoms in total. The molecule has 0 aliphatic heterocycles. The maximum Gasteiger partial charge on any atom is 0.327 e. The molecule has 0 spiro atoms. The lowest BCUT2D eigenvalue weighted by molar-refractivity contribution is 0.155. The van der Waals surface area contributed by atoms with Crippen LogP contribution < -0.4 is 5.69 Å². The second-order valence-electron chi connectivity index (χ2n) is 5.70. The van der Waals surface area contributed by atoms with E-state index in [0.29, 0.717) is 5.92 Å². The van der Waals surface area contributed by atoms with Crippen molar-refractivity contribution in [2.45, 2.75) is 32.9 Å². The zero-order valence-electron chi connectivity index (χ0n) is 12.3. The van der Waals surface area contributed by atoms with E-state index in [4.69, 9.17) is 0 Å². The Morgan fingerprint density at radius 1 is 1.15 bits per heavy atom. The standard InChI is InChI=1S/C16H22N2O2/c1-12(2)10-13-4-6-14(7-5-13)15(19)11-18-9-8-17(3)16(18)20/h4-9,12,15,19H,10-11H2,1-3H3. The second kappa shape index (κ2) is 6.09. The summed E-state index contributed by atoms with van der Waals surface area (Å²) in [5, 5.41) is 10.2. The van der Waals surface area contributed by atoms with Gasteiger partial charge in [0.05, 0.1) is 12.6 Å². The third-order valence-corrected chi connectivity index (χ3v) is 3.40. The number of rotatable bonds is 5. The van der Waals surface area contributed by atoms with Crippen LogP contribution in [0.25, 0.3) is 0 Å². The molecule has 1 N–H and O–H groups in total. The van der Waals surface area contributed by atoms with Gasteiger partial charge in [-0.2, -0.15) is 0 Å². The maximum absolute atomic E-state index is 11.7. The molecule has 1 heterocycles. The van der Waals surface area contributed by atoms with Gasteiger partial charge in [-0.15, -0.1) is 0 Å². The lowest BCUT2D eigenvalue weighted by Gasteiger charge is -2.12. The van der Waals surface area contributed by atoms with Crippen molar-refractivity contribution in [2.24, 2.45) is 13.0 Å². The molecule has 1 aromatic heterocycles. The van der Waals surface area contributed by atoms with Gasteiger partial charge in [-0.3, -0.25) is 4.57 Å². The van der Waals surface area contributed by atoms with Gasteiger partial charge in [0.15, 0.2) is 0 Å². The SMILES string of the molecule is CC(C)Cc1ccc(C(O)Cn2ccn(C)c2=O)cc1. The number of aliphatic hydroxyl groups is 1. The molecule has 108 valence electrons. The summed E-state index contributed by atoms with van der Waals surface area (Å²) in [7, 11) is 1.70. The Hall–Kier alpha value is -1.81. The van der Waals surface area contributed by atoms with Crippen molar-refractivity contribution in [3.8, 4) is 0 Å². The van der Waals surface area contributed by atoms with Gasteiger partial charge in [0, 0.05) is 19.4 Å². The number of imidazole rings is 1. The first-order valence-electron chi connectivity index (χ1n) is 6.96. The summed E-state index contributed by atoms with van der Waals surface area (Å²) in [6, 6.07) is 7.98. The number of aliphatic hydroxyl groups excluding tert-OH is 1. The van der Waals surface area contributed by atoms with Crippen LogP contribution in [0, 0.1) is 5.92 Å². The summed E-state index contributed by atoms with van der Waals surface area (Å²) in [4.78, 5) is 11.7. The van der Waals surface area contributed by atoms with Gasteiger partial charge in [-0.1, -0.05) is 38.1 Å². The van der Waals surface area contributed by atoms with Gasteiger partial charge in [0.1, 0.15) is 0 Å². The van der Waals surface area contributed by atoms with E-state index in [0.717, 1.165) is 12.0 Å². The normalized spacial score (nSPS) is 12.8. The third kappa shape index (κ3) is 3.39. The fourth-order valence-corrected chi connectivity index (χ4v) is 2.29. The fraction of sp³-hybridized carbons (Fsp3) is 0.438. The molecule has 4 heteroatoms. The van der Waals surface area contributed by atoms with Crippen molar-refractivity contribution in [3.63, 3.8) is 0 Å². The van der Waals surface area contributed by atoms with E-state index in [1.165, 1.54) is 14.7 Å². The summed E-state index contributed by atoms with van der Waals surface area (Å²) in [5.41, 5.74) is 2.00. The zero-order chi connectivity index (χ0) is 14.7. The Labute approximate surface area is 119 Å². The van der Waals surface area contributed by atoms with Gasteiger partial charge >= 0.3 is 5.69 Å². The van der Waals surface area contributed by atoms with Crippen molar-refractivity contribution in [1.82, 2.24) is 9.13 Å². The highest BCUT2D eigenvalue weighted by molar-refractivity contribution is 5.24. The minimum atomic E-state index is -0.664. The van der Waals surface area contributed by atoms with Gasteiger partial charge in [0.25, 0.3) is 0 Å². The number of benzene rings is 1. The molecule has 0 fully saturated rings. The number of hydrogen-bond donors (Lipinski definition) is 1. The van der Waals surface area contributed by atoms with Crippen LogP contribution in [0.15, 0.2) is 41.5 Å². The first-order valence-corrected chi connectivity index (χ1v) is 6.96. The fourth-order valence-electron chi connectivity index (χ4n) is 2.29. The molecular weight excluding hydrogens is 252 g/mol. The summed E-state index contributed by atoms with van der Waals surface area (Å²) >= 11 is 0. The van der Waals surface area contributed by atoms with Crippen molar-refractivity contribution >= 4 is 0 Å². The van der Waals surface area contributed by atoms with Gasteiger partial charge < -0.3 is 9.67 Å². The highest BCUT2D eigenvalue weighted by Crippen LogP contribution is 2.17. The van der Waals surface area contributed by atoms with Gasteiger partial charge in [-0.05, 0) is 23.5 Å². The zero-order valence-corrected chi connectivity index (χ0v) is 12.3. The van der Waals surface area contributed by atoms with E-state index in [1.54, 1.807) is 19.4 Å². The van der Waals surface area contributed by atoms with E-state index in [1.807, 2.05) is 24.3 Å². The maximum atomic E-state index is 11.7. The molecule has 0 bridgehead atoms. The van der Waals surface area contributed by atoms with E-state index in [-0.39, 0.29) is 12.2 Å². The number of aromatic nitrogens is 2. The van der Waals surface area contributed by atoms with Crippen LogP contribution in [0.4, 0.5) is 0 Å². The van der Waals surface area contributed by atoms with Crippen LogP contribution in [0.1, 0.15) is 31.1 Å². The van der Waals surface area contributed by atoms with Crippen molar-refractivity contribution in [1.29, 1.82) is 0 Å². The molecule has 0 radical (unpaired) electrons. The first kappa shape index (κ1) is 14.6. The van der Waals surface area contributed by atoms with Crippen LogP contribution in [-0.4, -0.2) is 14.2 Å². The number of nitrogens with zero attached hydrogens (tertiary/aromatic N) is 2. The molecule has 1 atom stereocenters. The van der Waals surface area contributed by atoms with E-state index in [9.17, 15) is 9.90 Å². The molecule has 0 amide bonds. The molecule has 0 aliphatic rings. The van der Waals surface area contributed by atoms with Crippen LogP contribution in [0.5, 0.6) is 0 Å². The molecule has 0 aliphatic carbocycles. The quantitative estimate of drug-likeness (QED) is 0.908. The van der Waals surface area contributed by atoms with Crippen molar-refractivity contribution in [2.75, 3.05) is 0 Å². The second-order valence-corrected chi connectivity index (χ2v) is 5.70. The van der Waals surface area contributed by atoms with Crippen molar-refractivity contribution < 1.29 is 5.11 Å². The molecule has 2 aromatic rings. The Balaban J connectivity index is 2.07. The lowest BCUT2D eigenvalue weighted by Crippen LogP contribution is -2.24. The monoisotopic (exact) mass is 274 g/mol. The number of aryl methyl sites for hydroxylation is 1. The van der Waals surface area contributed by atoms with Crippen LogP contribution >= 0.6 is 0 Å². The predicted octanol–water partition coefficient (Wildman–Crippen LogP) is 2.12. The highest BCUT2D eigenvalue weighted by Gasteiger charge is 2.10.